The summed E-state index contributed by atoms with van der Waals surface area (Å²) >= 11 is 12.2. The normalized spacial score (nSPS) is 18.7. The van der Waals surface area contributed by atoms with Gasteiger partial charge in [0.05, 0.1) is 15.7 Å². The number of anilines is 1. The molecule has 100 valence electrons. The maximum absolute atomic E-state index is 6.20. The first kappa shape index (κ1) is 12.8. The molecule has 1 atom stereocenters. The van der Waals surface area contributed by atoms with Crippen LogP contribution in [0.1, 0.15) is 6.42 Å². The molecule has 0 amide bonds. The van der Waals surface area contributed by atoms with Crippen molar-refractivity contribution in [3.8, 4) is 11.3 Å². The molecule has 1 unspecified atom stereocenters. The predicted molar refractivity (Wildman–Crippen MR) is 78.9 cm³/mol. The van der Waals surface area contributed by atoms with Crippen LogP contribution < -0.4 is 10.6 Å². The Bertz CT molecular complexity index is 576. The minimum Gasteiger partial charge on any atom is -0.365 e. The van der Waals surface area contributed by atoms with E-state index in [9.17, 15) is 0 Å². The van der Waals surface area contributed by atoms with Crippen LogP contribution in [0.2, 0.25) is 10.0 Å². The van der Waals surface area contributed by atoms with Gasteiger partial charge < -0.3 is 10.6 Å². The topological polar surface area (TPSA) is 52.7 Å². The van der Waals surface area contributed by atoms with Crippen molar-refractivity contribution in [1.82, 2.24) is 15.5 Å². The summed E-state index contributed by atoms with van der Waals surface area (Å²) in [7, 11) is 0. The van der Waals surface area contributed by atoms with Crippen molar-refractivity contribution >= 4 is 29.0 Å². The molecule has 1 aromatic heterocycles. The Morgan fingerprint density at radius 1 is 1.32 bits per heavy atom. The van der Waals surface area contributed by atoms with Crippen molar-refractivity contribution in [3.63, 3.8) is 0 Å². The lowest BCUT2D eigenvalue weighted by molar-refractivity contribution is 0.786. The van der Waals surface area contributed by atoms with Gasteiger partial charge in [-0.2, -0.15) is 5.10 Å². The van der Waals surface area contributed by atoms with Gasteiger partial charge in [0, 0.05) is 24.2 Å². The van der Waals surface area contributed by atoms with Gasteiger partial charge in [0.2, 0.25) is 0 Å². The molecule has 4 nitrogen and oxygen atoms in total. The van der Waals surface area contributed by atoms with E-state index in [-0.39, 0.29) is 0 Å². The van der Waals surface area contributed by atoms with Gasteiger partial charge in [0.15, 0.2) is 0 Å². The Labute approximate surface area is 121 Å². The van der Waals surface area contributed by atoms with E-state index in [4.69, 9.17) is 23.2 Å². The van der Waals surface area contributed by atoms with Gasteiger partial charge in [-0.3, -0.25) is 5.10 Å². The second-order valence-corrected chi connectivity index (χ2v) is 5.39. The zero-order valence-electron chi connectivity index (χ0n) is 10.2. The number of aromatic amines is 1. The SMILES string of the molecule is Clc1cccc(-c2cc(NC3CCNC3)n[nH]2)c1Cl. The third-order valence-corrected chi connectivity index (χ3v) is 4.05. The van der Waals surface area contributed by atoms with Crippen molar-refractivity contribution in [2.45, 2.75) is 12.5 Å². The van der Waals surface area contributed by atoms with Crippen LogP contribution in [-0.2, 0) is 0 Å². The molecule has 0 radical (unpaired) electrons. The molecule has 0 aliphatic carbocycles. The lowest BCUT2D eigenvalue weighted by Crippen LogP contribution is -2.22. The quantitative estimate of drug-likeness (QED) is 0.815. The molecular weight excluding hydrogens is 283 g/mol. The highest BCUT2D eigenvalue weighted by atomic mass is 35.5. The van der Waals surface area contributed by atoms with Gasteiger partial charge in [0.25, 0.3) is 0 Å². The molecule has 6 heteroatoms. The van der Waals surface area contributed by atoms with Crippen molar-refractivity contribution in [3.05, 3.63) is 34.3 Å². The molecule has 1 fully saturated rings. The number of nitrogens with one attached hydrogen (secondary N) is 3. The molecule has 1 saturated heterocycles. The zero-order chi connectivity index (χ0) is 13.2. The highest BCUT2D eigenvalue weighted by Gasteiger charge is 2.16. The highest BCUT2D eigenvalue weighted by molar-refractivity contribution is 6.43. The number of H-pyrrole nitrogens is 1. The van der Waals surface area contributed by atoms with Crippen LogP contribution in [0.25, 0.3) is 11.3 Å². The van der Waals surface area contributed by atoms with Crippen LogP contribution in [0.4, 0.5) is 5.82 Å². The van der Waals surface area contributed by atoms with E-state index in [1.807, 2.05) is 18.2 Å². The largest absolute Gasteiger partial charge is 0.365 e. The fourth-order valence-corrected chi connectivity index (χ4v) is 2.63. The summed E-state index contributed by atoms with van der Waals surface area (Å²) in [4.78, 5) is 0. The van der Waals surface area contributed by atoms with E-state index in [2.05, 4.69) is 20.8 Å². The number of rotatable bonds is 3. The Morgan fingerprint density at radius 3 is 3.00 bits per heavy atom. The minimum absolute atomic E-state index is 0.436. The summed E-state index contributed by atoms with van der Waals surface area (Å²) in [6.45, 7) is 2.02. The second-order valence-electron chi connectivity index (χ2n) is 4.60. The van der Waals surface area contributed by atoms with Gasteiger partial charge in [-0.1, -0.05) is 35.3 Å². The summed E-state index contributed by atoms with van der Waals surface area (Å²) in [5, 5.41) is 15.0. The molecular formula is C13H14Cl2N4. The van der Waals surface area contributed by atoms with Crippen LogP contribution in [0, 0.1) is 0 Å². The van der Waals surface area contributed by atoms with Crippen LogP contribution in [0.3, 0.4) is 0 Å². The molecule has 1 aromatic carbocycles. The van der Waals surface area contributed by atoms with Gasteiger partial charge in [-0.05, 0) is 19.0 Å². The molecule has 0 spiro atoms. The van der Waals surface area contributed by atoms with Crippen LogP contribution in [0.15, 0.2) is 24.3 Å². The van der Waals surface area contributed by atoms with Crippen LogP contribution >= 0.6 is 23.2 Å². The van der Waals surface area contributed by atoms with Crippen molar-refractivity contribution < 1.29 is 0 Å². The fraction of sp³-hybridized carbons (Fsp3) is 0.308. The van der Waals surface area contributed by atoms with E-state index in [0.29, 0.717) is 16.1 Å². The lowest BCUT2D eigenvalue weighted by atomic mass is 10.1. The first-order valence-electron chi connectivity index (χ1n) is 6.21. The number of aromatic nitrogens is 2. The minimum atomic E-state index is 0.436. The Hall–Kier alpha value is -1.23. The van der Waals surface area contributed by atoms with Gasteiger partial charge in [-0.25, -0.2) is 0 Å². The molecule has 3 N–H and O–H groups in total. The maximum Gasteiger partial charge on any atom is 0.148 e. The van der Waals surface area contributed by atoms with E-state index < -0.39 is 0 Å². The summed E-state index contributed by atoms with van der Waals surface area (Å²) < 4.78 is 0. The van der Waals surface area contributed by atoms with Crippen LogP contribution in [0.5, 0.6) is 0 Å². The van der Waals surface area contributed by atoms with Crippen molar-refractivity contribution in [2.24, 2.45) is 0 Å². The van der Waals surface area contributed by atoms with E-state index in [0.717, 1.165) is 36.6 Å². The number of benzene rings is 1. The third kappa shape index (κ3) is 2.71. The fourth-order valence-electron chi connectivity index (χ4n) is 2.23. The molecule has 3 rings (SSSR count). The third-order valence-electron chi connectivity index (χ3n) is 3.23. The Balaban J connectivity index is 1.82. The first-order valence-corrected chi connectivity index (χ1v) is 6.96. The molecule has 2 heterocycles. The van der Waals surface area contributed by atoms with Gasteiger partial charge in [-0.15, -0.1) is 0 Å². The smallest absolute Gasteiger partial charge is 0.148 e. The number of nitrogens with zero attached hydrogens (tertiary/aromatic N) is 1. The predicted octanol–water partition coefficient (Wildman–Crippen LogP) is 3.16. The van der Waals surface area contributed by atoms with Crippen LogP contribution in [-0.4, -0.2) is 29.3 Å². The van der Waals surface area contributed by atoms with Gasteiger partial charge in [0.1, 0.15) is 5.82 Å². The molecule has 2 aromatic rings. The standard InChI is InChI=1S/C13H14Cl2N4/c14-10-3-1-2-9(13(10)15)11-6-12(19-18-11)17-8-4-5-16-7-8/h1-3,6,8,16H,4-5,7H2,(H2,17,18,19). The average molecular weight is 297 g/mol. The molecule has 1 aliphatic rings. The van der Waals surface area contributed by atoms with E-state index >= 15 is 0 Å². The van der Waals surface area contributed by atoms with Crippen molar-refractivity contribution in [1.29, 1.82) is 0 Å². The molecule has 0 bridgehead atoms. The van der Waals surface area contributed by atoms with Crippen molar-refractivity contribution in [2.75, 3.05) is 18.4 Å². The zero-order valence-corrected chi connectivity index (χ0v) is 11.7. The first-order chi connectivity index (χ1) is 9.24. The average Bonchev–Trinajstić information content (AvgIpc) is 3.05. The molecule has 1 aliphatic heterocycles. The van der Waals surface area contributed by atoms with E-state index in [1.165, 1.54) is 0 Å². The lowest BCUT2D eigenvalue weighted by Gasteiger charge is -2.08. The Kier molecular flexibility index (Phi) is 3.64. The van der Waals surface area contributed by atoms with Gasteiger partial charge >= 0.3 is 0 Å². The highest BCUT2D eigenvalue weighted by Crippen LogP contribution is 2.33. The monoisotopic (exact) mass is 296 g/mol. The second kappa shape index (κ2) is 5.41. The number of hydrogen-bond donors (Lipinski definition) is 3. The Morgan fingerprint density at radius 2 is 2.21 bits per heavy atom. The molecule has 0 saturated carbocycles. The van der Waals surface area contributed by atoms with E-state index in [1.54, 1.807) is 6.07 Å². The number of hydrogen-bond acceptors (Lipinski definition) is 3. The maximum atomic E-state index is 6.20. The summed E-state index contributed by atoms with van der Waals surface area (Å²) in [5.41, 5.74) is 1.72. The summed E-state index contributed by atoms with van der Waals surface area (Å²) in [5.74, 6) is 0.833. The number of halogens is 2. The summed E-state index contributed by atoms with van der Waals surface area (Å²) in [6, 6.07) is 7.95. The summed E-state index contributed by atoms with van der Waals surface area (Å²) in [6.07, 6.45) is 1.11. The molecule has 19 heavy (non-hydrogen) atoms.